The molecule has 0 radical (unpaired) electrons. The minimum atomic E-state index is -3.92. The van der Waals surface area contributed by atoms with Crippen molar-refractivity contribution in [2.24, 2.45) is 0 Å². The number of amides is 2. The number of hydrogen-bond acceptors (Lipinski definition) is 8. The fourth-order valence-corrected chi connectivity index (χ4v) is 4.24. The van der Waals surface area contributed by atoms with Crippen LogP contribution in [0.25, 0.3) is 0 Å². The minimum Gasteiger partial charge on any atom is -0.445 e. The first kappa shape index (κ1) is 29.8. The summed E-state index contributed by atoms with van der Waals surface area (Å²) in [4.78, 5) is 26.9. The van der Waals surface area contributed by atoms with Crippen molar-refractivity contribution in [1.82, 2.24) is 9.80 Å². The predicted molar refractivity (Wildman–Crippen MR) is 138 cm³/mol. The zero-order valence-corrected chi connectivity index (χ0v) is 22.9. The number of phosphoric ester groups is 1. The van der Waals surface area contributed by atoms with E-state index in [4.69, 9.17) is 23.0 Å². The number of halogens is 1. The highest BCUT2D eigenvalue weighted by Crippen LogP contribution is 2.49. The molecule has 198 valence electrons. The number of likely N-dealkylation sites (N-methyl/N-ethyl adjacent to an activating group) is 2. The molecule has 12 heteroatoms. The Morgan fingerprint density at radius 3 is 1.50 bits per heavy atom. The van der Waals surface area contributed by atoms with Crippen LogP contribution in [0.15, 0.2) is 60.7 Å². The van der Waals surface area contributed by atoms with Crippen LogP contribution in [0.4, 0.5) is 9.59 Å². The van der Waals surface area contributed by atoms with Gasteiger partial charge in [-0.2, -0.15) is 0 Å². The summed E-state index contributed by atoms with van der Waals surface area (Å²) in [5.41, 5.74) is 1.73. The molecular weight excluding hydrogens is 555 g/mol. The van der Waals surface area contributed by atoms with Gasteiger partial charge in [-0.3, -0.25) is 13.6 Å². The van der Waals surface area contributed by atoms with Gasteiger partial charge in [0.2, 0.25) is 0 Å². The zero-order chi connectivity index (χ0) is 26.2. The number of alkyl halides is 1. The summed E-state index contributed by atoms with van der Waals surface area (Å²) in [5, 5.41) is 0.418. The minimum absolute atomic E-state index is 0.0845. The van der Waals surface area contributed by atoms with E-state index < -0.39 is 20.0 Å². The predicted octanol–water partition coefficient (Wildman–Crippen LogP) is 5.08. The molecule has 0 atom stereocenters. The SMILES string of the molecule is CN(CCOP(=O)(OCCBr)OCCN(C)C(=O)OCc1ccccc1)C(=O)OCc1ccccc1. The standard InChI is InChI=1S/C24H32BrN2O8P/c1-26(23(28)31-19-21-9-5-3-6-10-21)14-17-34-36(30,33-16-13-25)35-18-15-27(2)24(29)32-20-22-11-7-4-8-12-22/h3-12H,13-20H2,1-2H3. The lowest BCUT2D eigenvalue weighted by atomic mass is 10.2. The molecule has 2 aromatic carbocycles. The number of phosphoric acid groups is 1. The maximum absolute atomic E-state index is 12.9. The molecule has 0 aliphatic rings. The van der Waals surface area contributed by atoms with Crippen LogP contribution in [-0.2, 0) is 40.8 Å². The molecule has 0 spiro atoms. The van der Waals surface area contributed by atoms with Crippen LogP contribution in [0, 0.1) is 0 Å². The van der Waals surface area contributed by atoms with Crippen molar-refractivity contribution < 1.29 is 37.2 Å². The molecule has 2 amide bonds. The third-order valence-electron chi connectivity index (χ3n) is 4.71. The second-order valence-electron chi connectivity index (χ2n) is 7.56. The van der Waals surface area contributed by atoms with Crippen LogP contribution in [0.1, 0.15) is 11.1 Å². The fraction of sp³-hybridized carbons (Fsp3) is 0.417. The Hall–Kier alpha value is -2.43. The van der Waals surface area contributed by atoms with Gasteiger partial charge in [-0.1, -0.05) is 76.6 Å². The van der Waals surface area contributed by atoms with E-state index in [9.17, 15) is 14.2 Å². The molecule has 0 heterocycles. The average Bonchev–Trinajstić information content (AvgIpc) is 2.90. The maximum Gasteiger partial charge on any atom is 0.474 e. The molecule has 0 saturated carbocycles. The van der Waals surface area contributed by atoms with Crippen LogP contribution in [0.3, 0.4) is 0 Å². The molecule has 0 bridgehead atoms. The average molecular weight is 587 g/mol. The van der Waals surface area contributed by atoms with Gasteiger partial charge in [0.05, 0.1) is 19.8 Å². The Morgan fingerprint density at radius 2 is 1.11 bits per heavy atom. The summed E-state index contributed by atoms with van der Waals surface area (Å²) in [6.45, 7) is 0.358. The summed E-state index contributed by atoms with van der Waals surface area (Å²) in [5.74, 6) is 0. The summed E-state index contributed by atoms with van der Waals surface area (Å²) in [7, 11) is -0.844. The van der Waals surface area contributed by atoms with E-state index in [0.717, 1.165) is 11.1 Å². The summed E-state index contributed by atoms with van der Waals surface area (Å²) >= 11 is 3.20. The van der Waals surface area contributed by atoms with Crippen LogP contribution >= 0.6 is 23.8 Å². The van der Waals surface area contributed by atoms with Gasteiger partial charge in [0.25, 0.3) is 0 Å². The first-order chi connectivity index (χ1) is 17.3. The van der Waals surface area contributed by atoms with Gasteiger partial charge in [-0.25, -0.2) is 14.2 Å². The third-order valence-corrected chi connectivity index (χ3v) is 6.53. The van der Waals surface area contributed by atoms with Gasteiger partial charge >= 0.3 is 20.0 Å². The van der Waals surface area contributed by atoms with E-state index in [0.29, 0.717) is 5.33 Å². The maximum atomic E-state index is 12.9. The third kappa shape index (κ3) is 11.5. The van der Waals surface area contributed by atoms with Crippen molar-refractivity contribution in [3.05, 3.63) is 71.8 Å². The van der Waals surface area contributed by atoms with Gasteiger partial charge in [0.1, 0.15) is 13.2 Å². The Balaban J connectivity index is 1.72. The van der Waals surface area contributed by atoms with Gasteiger partial charge in [-0.05, 0) is 11.1 Å². The highest BCUT2D eigenvalue weighted by Gasteiger charge is 2.27. The molecule has 2 aromatic rings. The largest absolute Gasteiger partial charge is 0.474 e. The molecular formula is C24H32BrN2O8P. The first-order valence-corrected chi connectivity index (χ1v) is 13.8. The molecule has 0 saturated heterocycles. The Bertz CT molecular complexity index is 896. The first-order valence-electron chi connectivity index (χ1n) is 11.3. The second-order valence-corrected chi connectivity index (χ2v) is 10.0. The van der Waals surface area contributed by atoms with E-state index in [1.54, 1.807) is 0 Å². The van der Waals surface area contributed by atoms with Crippen molar-refractivity contribution in [2.45, 2.75) is 13.2 Å². The van der Waals surface area contributed by atoms with E-state index in [1.165, 1.54) is 23.9 Å². The number of rotatable bonds is 15. The smallest absolute Gasteiger partial charge is 0.445 e. The second kappa shape index (κ2) is 16.3. The number of ether oxygens (including phenoxy) is 2. The molecule has 0 aliphatic heterocycles. The van der Waals surface area contributed by atoms with Crippen LogP contribution in [0.5, 0.6) is 0 Å². The molecule has 0 aromatic heterocycles. The molecule has 10 nitrogen and oxygen atoms in total. The Morgan fingerprint density at radius 1 is 0.722 bits per heavy atom. The van der Waals surface area contributed by atoms with Gasteiger partial charge in [0.15, 0.2) is 0 Å². The normalized spacial score (nSPS) is 11.1. The molecule has 0 fully saturated rings. The van der Waals surface area contributed by atoms with E-state index in [-0.39, 0.29) is 46.1 Å². The number of benzene rings is 2. The summed E-state index contributed by atoms with van der Waals surface area (Å²) < 4.78 is 39.4. The van der Waals surface area contributed by atoms with Crippen LogP contribution in [-0.4, -0.2) is 74.3 Å². The van der Waals surface area contributed by atoms with Crippen molar-refractivity contribution >= 4 is 35.9 Å². The van der Waals surface area contributed by atoms with Crippen molar-refractivity contribution in [3.63, 3.8) is 0 Å². The lowest BCUT2D eigenvalue weighted by molar-refractivity contribution is 0.0779. The fourth-order valence-electron chi connectivity index (χ4n) is 2.68. The van der Waals surface area contributed by atoms with Gasteiger partial charge in [-0.15, -0.1) is 0 Å². The van der Waals surface area contributed by atoms with Crippen molar-refractivity contribution in [3.8, 4) is 0 Å². The molecule has 0 aliphatic carbocycles. The lowest BCUT2D eigenvalue weighted by Crippen LogP contribution is -2.31. The quantitative estimate of drug-likeness (QED) is 0.210. The Labute approximate surface area is 220 Å². The number of carbonyl (C=O) groups excluding carboxylic acids is 2. The summed E-state index contributed by atoms with van der Waals surface area (Å²) in [6.07, 6.45) is -1.09. The van der Waals surface area contributed by atoms with Gasteiger partial charge in [0, 0.05) is 32.5 Å². The van der Waals surface area contributed by atoms with E-state index >= 15 is 0 Å². The van der Waals surface area contributed by atoms with Crippen LogP contribution < -0.4 is 0 Å². The van der Waals surface area contributed by atoms with E-state index in [1.807, 2.05) is 60.7 Å². The lowest BCUT2D eigenvalue weighted by Gasteiger charge is -2.22. The molecule has 0 unspecified atom stereocenters. The summed E-state index contributed by atoms with van der Waals surface area (Å²) in [6, 6.07) is 18.6. The molecule has 0 N–H and O–H groups in total. The topological polar surface area (TPSA) is 104 Å². The monoisotopic (exact) mass is 586 g/mol. The highest BCUT2D eigenvalue weighted by atomic mass is 79.9. The molecule has 2 rings (SSSR count). The number of nitrogens with zero attached hydrogens (tertiary/aromatic N) is 2. The highest BCUT2D eigenvalue weighted by molar-refractivity contribution is 9.09. The van der Waals surface area contributed by atoms with Crippen molar-refractivity contribution in [1.29, 1.82) is 0 Å². The van der Waals surface area contributed by atoms with Gasteiger partial charge < -0.3 is 19.3 Å². The Kier molecular flexibility index (Phi) is 13.5. The van der Waals surface area contributed by atoms with Crippen molar-refractivity contribution in [2.75, 3.05) is 52.3 Å². The number of hydrogen-bond donors (Lipinski definition) is 0. The van der Waals surface area contributed by atoms with E-state index in [2.05, 4.69) is 15.9 Å². The molecule has 36 heavy (non-hydrogen) atoms. The number of carbonyl (C=O) groups is 2. The van der Waals surface area contributed by atoms with Crippen LogP contribution in [0.2, 0.25) is 0 Å². The zero-order valence-electron chi connectivity index (χ0n) is 20.4.